The molecule has 18 heavy (non-hydrogen) atoms. The van der Waals surface area contributed by atoms with Crippen molar-refractivity contribution in [2.45, 2.75) is 60.3 Å². The van der Waals surface area contributed by atoms with Crippen molar-refractivity contribution in [1.82, 2.24) is 0 Å². The van der Waals surface area contributed by atoms with Crippen LogP contribution in [0.3, 0.4) is 0 Å². The number of hydrogen-bond donors (Lipinski definition) is 0. The van der Waals surface area contributed by atoms with Gasteiger partial charge in [-0.25, -0.2) is 0 Å². The van der Waals surface area contributed by atoms with Crippen LogP contribution in [0.2, 0.25) is 0 Å². The van der Waals surface area contributed by atoms with Gasteiger partial charge < -0.3 is 0 Å². The zero-order valence-electron chi connectivity index (χ0n) is 12.8. The van der Waals surface area contributed by atoms with Gasteiger partial charge in [0.15, 0.2) is 0 Å². The second kappa shape index (κ2) is 8.91. The summed E-state index contributed by atoms with van der Waals surface area (Å²) in [7, 11) is 0. The molecule has 0 heterocycles. The zero-order chi connectivity index (χ0) is 14.1. The van der Waals surface area contributed by atoms with Crippen LogP contribution in [0.4, 0.5) is 0 Å². The third-order valence-electron chi connectivity index (χ3n) is 3.45. The molecule has 0 spiro atoms. The van der Waals surface area contributed by atoms with Crippen LogP contribution in [-0.4, -0.2) is 5.71 Å². The van der Waals surface area contributed by atoms with Crippen molar-refractivity contribution in [2.24, 2.45) is 10.9 Å². The maximum absolute atomic E-state index is 4.44. The molecule has 0 aromatic carbocycles. The van der Waals surface area contributed by atoms with Crippen LogP contribution in [-0.2, 0) is 0 Å². The molecular weight excluding hydrogens is 218 g/mol. The van der Waals surface area contributed by atoms with E-state index >= 15 is 0 Å². The van der Waals surface area contributed by atoms with Gasteiger partial charge in [0.25, 0.3) is 0 Å². The molecule has 1 heteroatoms. The van der Waals surface area contributed by atoms with Crippen LogP contribution in [0.5, 0.6) is 0 Å². The molecule has 0 aromatic rings. The summed E-state index contributed by atoms with van der Waals surface area (Å²) >= 11 is 0. The highest BCUT2D eigenvalue weighted by Gasteiger charge is 2.10. The minimum atomic E-state index is 0.479. The summed E-state index contributed by atoms with van der Waals surface area (Å²) in [6.07, 6.45) is 7.11. The van der Waals surface area contributed by atoms with Crippen molar-refractivity contribution >= 4 is 5.71 Å². The van der Waals surface area contributed by atoms with E-state index in [0.29, 0.717) is 5.92 Å². The lowest BCUT2D eigenvalue weighted by molar-refractivity contribution is 0.591. The first-order valence-electron chi connectivity index (χ1n) is 6.95. The Hall–Kier alpha value is -1.11. The van der Waals surface area contributed by atoms with Crippen molar-refractivity contribution in [3.05, 3.63) is 36.1 Å². The Morgan fingerprint density at radius 1 is 1.17 bits per heavy atom. The van der Waals surface area contributed by atoms with Gasteiger partial charge in [0, 0.05) is 11.4 Å². The van der Waals surface area contributed by atoms with E-state index in [1.54, 1.807) is 0 Å². The van der Waals surface area contributed by atoms with E-state index in [2.05, 4.69) is 51.9 Å². The highest BCUT2D eigenvalue weighted by atomic mass is 14.7. The van der Waals surface area contributed by atoms with E-state index in [1.807, 2.05) is 6.92 Å². The van der Waals surface area contributed by atoms with E-state index in [0.717, 1.165) is 11.4 Å². The molecule has 0 saturated carbocycles. The lowest BCUT2D eigenvalue weighted by Gasteiger charge is -2.16. The van der Waals surface area contributed by atoms with Crippen LogP contribution in [0.15, 0.2) is 41.1 Å². The van der Waals surface area contributed by atoms with Gasteiger partial charge in [-0.05, 0) is 45.6 Å². The molecule has 0 aliphatic carbocycles. The predicted octanol–water partition coefficient (Wildman–Crippen LogP) is 5.70. The SMILES string of the molecule is C=CC(CCCCC)/C(C)=C(\C)C(C)=NC(=C)C. The number of nitrogens with zero attached hydrogens (tertiary/aromatic N) is 1. The minimum Gasteiger partial charge on any atom is -0.259 e. The first-order valence-corrected chi connectivity index (χ1v) is 6.95. The molecule has 1 atom stereocenters. The summed E-state index contributed by atoms with van der Waals surface area (Å²) in [5.74, 6) is 0.479. The van der Waals surface area contributed by atoms with Crippen LogP contribution in [0.25, 0.3) is 0 Å². The molecule has 0 aliphatic rings. The van der Waals surface area contributed by atoms with E-state index in [9.17, 15) is 0 Å². The zero-order valence-corrected chi connectivity index (χ0v) is 12.8. The highest BCUT2D eigenvalue weighted by molar-refractivity contribution is 5.98. The van der Waals surface area contributed by atoms with E-state index < -0.39 is 0 Å². The molecule has 0 radical (unpaired) electrons. The number of allylic oxidation sites excluding steroid dienone is 4. The summed E-state index contributed by atoms with van der Waals surface area (Å²) in [6.45, 7) is 18.4. The fraction of sp³-hybridized carbons (Fsp3) is 0.588. The van der Waals surface area contributed by atoms with Gasteiger partial charge in [-0.2, -0.15) is 0 Å². The second-order valence-corrected chi connectivity index (χ2v) is 5.08. The van der Waals surface area contributed by atoms with Gasteiger partial charge in [0.2, 0.25) is 0 Å². The number of aliphatic imine (C=N–C) groups is 1. The molecular formula is C17H29N. The second-order valence-electron chi connectivity index (χ2n) is 5.08. The van der Waals surface area contributed by atoms with Crippen molar-refractivity contribution in [2.75, 3.05) is 0 Å². The van der Waals surface area contributed by atoms with Crippen LogP contribution in [0, 0.1) is 5.92 Å². The van der Waals surface area contributed by atoms with E-state index in [1.165, 1.54) is 36.8 Å². The number of rotatable bonds is 8. The molecule has 0 fully saturated rings. The van der Waals surface area contributed by atoms with Gasteiger partial charge >= 0.3 is 0 Å². The molecule has 1 nitrogen and oxygen atoms in total. The summed E-state index contributed by atoms with van der Waals surface area (Å²) in [6, 6.07) is 0. The molecule has 0 bridgehead atoms. The molecule has 0 saturated heterocycles. The molecule has 0 rings (SSSR count). The third-order valence-corrected chi connectivity index (χ3v) is 3.45. The Labute approximate surface area is 113 Å². The maximum Gasteiger partial charge on any atom is 0.0404 e. The van der Waals surface area contributed by atoms with Gasteiger partial charge in [0.1, 0.15) is 0 Å². The Morgan fingerprint density at radius 3 is 2.22 bits per heavy atom. The lowest BCUT2D eigenvalue weighted by Crippen LogP contribution is -2.05. The average molecular weight is 247 g/mol. The van der Waals surface area contributed by atoms with Crippen molar-refractivity contribution < 1.29 is 0 Å². The highest BCUT2D eigenvalue weighted by Crippen LogP contribution is 2.23. The van der Waals surface area contributed by atoms with Gasteiger partial charge in [-0.15, -0.1) is 6.58 Å². The monoisotopic (exact) mass is 247 g/mol. The van der Waals surface area contributed by atoms with Gasteiger partial charge in [-0.1, -0.05) is 44.4 Å². The van der Waals surface area contributed by atoms with E-state index in [-0.39, 0.29) is 0 Å². The maximum atomic E-state index is 4.44. The molecule has 0 amide bonds. The average Bonchev–Trinajstić information content (AvgIpc) is 2.32. The summed E-state index contributed by atoms with van der Waals surface area (Å²) in [4.78, 5) is 4.44. The van der Waals surface area contributed by atoms with Gasteiger partial charge in [-0.3, -0.25) is 4.99 Å². The summed E-state index contributed by atoms with van der Waals surface area (Å²) in [5.41, 5.74) is 4.60. The van der Waals surface area contributed by atoms with Crippen molar-refractivity contribution in [3.8, 4) is 0 Å². The smallest absolute Gasteiger partial charge is 0.0404 e. The fourth-order valence-electron chi connectivity index (χ4n) is 2.06. The Balaban J connectivity index is 4.87. The minimum absolute atomic E-state index is 0.479. The summed E-state index contributed by atoms with van der Waals surface area (Å²) < 4.78 is 0. The van der Waals surface area contributed by atoms with Crippen LogP contribution >= 0.6 is 0 Å². The predicted molar refractivity (Wildman–Crippen MR) is 84.1 cm³/mol. The molecule has 0 aromatic heterocycles. The first-order chi connectivity index (χ1) is 8.43. The first kappa shape index (κ1) is 16.9. The Kier molecular flexibility index (Phi) is 8.36. The fourth-order valence-corrected chi connectivity index (χ4v) is 2.06. The van der Waals surface area contributed by atoms with Gasteiger partial charge in [0.05, 0.1) is 0 Å². The third kappa shape index (κ3) is 6.00. The molecule has 0 N–H and O–H groups in total. The topological polar surface area (TPSA) is 12.4 Å². The Bertz CT molecular complexity index is 345. The van der Waals surface area contributed by atoms with E-state index in [4.69, 9.17) is 0 Å². The van der Waals surface area contributed by atoms with Crippen molar-refractivity contribution in [1.29, 1.82) is 0 Å². The number of unbranched alkanes of at least 4 members (excludes halogenated alkanes) is 2. The normalized spacial score (nSPS) is 15.1. The van der Waals surface area contributed by atoms with Crippen LogP contribution < -0.4 is 0 Å². The van der Waals surface area contributed by atoms with Crippen LogP contribution in [0.1, 0.15) is 60.3 Å². The summed E-state index contributed by atoms with van der Waals surface area (Å²) in [5, 5.41) is 0. The largest absolute Gasteiger partial charge is 0.259 e. The molecule has 1 unspecified atom stereocenters. The molecule has 0 aliphatic heterocycles. The Morgan fingerprint density at radius 2 is 1.78 bits per heavy atom. The number of hydrogen-bond acceptors (Lipinski definition) is 1. The lowest BCUT2D eigenvalue weighted by atomic mass is 9.90. The standard InChI is InChI=1S/C17H29N/c1-8-10-11-12-17(9-2)15(6)14(5)16(7)18-13(3)4/h9,17H,2-3,8,10-12H2,1,4-7H3/b15-14+,18-16?. The van der Waals surface area contributed by atoms with Crippen molar-refractivity contribution in [3.63, 3.8) is 0 Å². The molecule has 102 valence electrons. The quantitative estimate of drug-likeness (QED) is 0.296.